The van der Waals surface area contributed by atoms with Crippen molar-refractivity contribution in [3.8, 4) is 17.2 Å². The summed E-state index contributed by atoms with van der Waals surface area (Å²) in [4.78, 5) is 30.7. The van der Waals surface area contributed by atoms with Gasteiger partial charge in [0.1, 0.15) is 12.4 Å². The maximum Gasteiger partial charge on any atom is 0.254 e. The van der Waals surface area contributed by atoms with Crippen molar-refractivity contribution in [2.45, 2.75) is 13.5 Å². The van der Waals surface area contributed by atoms with Gasteiger partial charge in [0.25, 0.3) is 5.91 Å². The molecule has 0 unspecified atom stereocenters. The van der Waals surface area contributed by atoms with E-state index in [0.29, 0.717) is 41.7 Å². The molecule has 1 N–H and O–H groups in total. The number of aromatic nitrogens is 1. The molecule has 2 amide bonds. The molecule has 0 aliphatic rings. The van der Waals surface area contributed by atoms with Crippen LogP contribution < -0.4 is 19.5 Å². The highest BCUT2D eigenvalue weighted by Crippen LogP contribution is 2.29. The summed E-state index contributed by atoms with van der Waals surface area (Å²) < 4.78 is 16.7. The molecule has 1 heterocycles. The number of methoxy groups -OCH3 is 1. The SMILES string of the molecule is CCOc1cc(C(=O)N(C)CC(=O)Nc2cccc(OC)c2)ccc1OCc1cccnc1. The first-order valence-electron chi connectivity index (χ1n) is 10.5. The highest BCUT2D eigenvalue weighted by Gasteiger charge is 2.18. The number of likely N-dealkylation sites (N-methyl/N-ethyl adjacent to an activating group) is 1. The number of carbonyl (C=O) groups excluding carboxylic acids is 2. The second kappa shape index (κ2) is 11.5. The molecule has 0 radical (unpaired) electrons. The van der Waals surface area contributed by atoms with Crippen molar-refractivity contribution >= 4 is 17.5 Å². The molecule has 0 aliphatic heterocycles. The number of rotatable bonds is 10. The van der Waals surface area contributed by atoms with Gasteiger partial charge in [0.05, 0.1) is 20.3 Å². The molecule has 0 saturated heterocycles. The van der Waals surface area contributed by atoms with Crippen LogP contribution in [0.4, 0.5) is 5.69 Å². The van der Waals surface area contributed by atoms with Crippen LogP contribution in [0.15, 0.2) is 67.0 Å². The standard InChI is InChI=1S/C25H27N3O5/c1-4-32-23-13-19(10-11-22(23)33-17-18-7-6-12-26-15-18)25(30)28(2)16-24(29)27-20-8-5-9-21(14-20)31-3/h5-15H,4,16-17H2,1-3H3,(H,27,29). The van der Waals surface area contributed by atoms with Crippen molar-refractivity contribution in [3.05, 3.63) is 78.1 Å². The number of ether oxygens (including phenoxy) is 3. The van der Waals surface area contributed by atoms with E-state index < -0.39 is 0 Å². The van der Waals surface area contributed by atoms with E-state index in [4.69, 9.17) is 14.2 Å². The molecule has 8 nitrogen and oxygen atoms in total. The smallest absolute Gasteiger partial charge is 0.254 e. The summed E-state index contributed by atoms with van der Waals surface area (Å²) in [5.41, 5.74) is 1.90. The van der Waals surface area contributed by atoms with Crippen LogP contribution in [0.1, 0.15) is 22.8 Å². The first-order chi connectivity index (χ1) is 16.0. The molecule has 0 fully saturated rings. The van der Waals surface area contributed by atoms with Gasteiger partial charge < -0.3 is 24.4 Å². The highest BCUT2D eigenvalue weighted by molar-refractivity contribution is 5.99. The summed E-state index contributed by atoms with van der Waals surface area (Å²) in [6.45, 7) is 2.49. The van der Waals surface area contributed by atoms with Crippen molar-refractivity contribution in [1.82, 2.24) is 9.88 Å². The average molecular weight is 450 g/mol. The van der Waals surface area contributed by atoms with Gasteiger partial charge in [0, 0.05) is 42.3 Å². The average Bonchev–Trinajstić information content (AvgIpc) is 2.83. The second-order valence-electron chi connectivity index (χ2n) is 7.19. The number of amides is 2. The summed E-state index contributed by atoms with van der Waals surface area (Å²) in [5, 5.41) is 2.76. The van der Waals surface area contributed by atoms with Crippen molar-refractivity contribution in [2.75, 3.05) is 32.6 Å². The molecule has 1 aromatic heterocycles. The van der Waals surface area contributed by atoms with Gasteiger partial charge in [-0.15, -0.1) is 0 Å². The third-order valence-corrected chi connectivity index (χ3v) is 4.69. The van der Waals surface area contributed by atoms with Crippen molar-refractivity contribution < 1.29 is 23.8 Å². The van der Waals surface area contributed by atoms with Crippen LogP contribution in [0.5, 0.6) is 17.2 Å². The molecule has 8 heteroatoms. The molecule has 0 atom stereocenters. The third-order valence-electron chi connectivity index (χ3n) is 4.69. The molecule has 0 saturated carbocycles. The fourth-order valence-electron chi connectivity index (χ4n) is 3.08. The zero-order chi connectivity index (χ0) is 23.6. The maximum absolute atomic E-state index is 12.9. The zero-order valence-electron chi connectivity index (χ0n) is 18.9. The Hall–Kier alpha value is -4.07. The molecular formula is C25H27N3O5. The summed E-state index contributed by atoms with van der Waals surface area (Å²) >= 11 is 0. The molecule has 2 aromatic carbocycles. The minimum absolute atomic E-state index is 0.112. The summed E-state index contributed by atoms with van der Waals surface area (Å²) in [6, 6.07) is 15.7. The highest BCUT2D eigenvalue weighted by atomic mass is 16.5. The Balaban J connectivity index is 1.64. The summed E-state index contributed by atoms with van der Waals surface area (Å²) in [7, 11) is 3.12. The quantitative estimate of drug-likeness (QED) is 0.507. The van der Waals surface area contributed by atoms with Gasteiger partial charge in [-0.05, 0) is 43.3 Å². The van der Waals surface area contributed by atoms with Gasteiger partial charge in [0.15, 0.2) is 11.5 Å². The van der Waals surface area contributed by atoms with Crippen LogP contribution in [0.3, 0.4) is 0 Å². The van der Waals surface area contributed by atoms with Crippen LogP contribution in [-0.4, -0.2) is 49.0 Å². The Morgan fingerprint density at radius 3 is 2.61 bits per heavy atom. The van der Waals surface area contributed by atoms with Crippen LogP contribution in [0.25, 0.3) is 0 Å². The fraction of sp³-hybridized carbons (Fsp3) is 0.240. The van der Waals surface area contributed by atoms with Gasteiger partial charge in [-0.1, -0.05) is 12.1 Å². The van der Waals surface area contributed by atoms with Gasteiger partial charge in [-0.3, -0.25) is 14.6 Å². The largest absolute Gasteiger partial charge is 0.497 e. The predicted octanol–water partition coefficient (Wildman–Crippen LogP) is 3.78. The summed E-state index contributed by atoms with van der Waals surface area (Å²) in [6.07, 6.45) is 3.42. The first-order valence-corrected chi connectivity index (χ1v) is 10.5. The Labute approximate surface area is 193 Å². The van der Waals surface area contributed by atoms with Crippen LogP contribution in [0.2, 0.25) is 0 Å². The van der Waals surface area contributed by atoms with Gasteiger partial charge in [-0.25, -0.2) is 0 Å². The molecule has 3 rings (SSSR count). The molecule has 0 aliphatic carbocycles. The molecule has 3 aromatic rings. The van der Waals surface area contributed by atoms with E-state index in [1.54, 1.807) is 69.0 Å². The lowest BCUT2D eigenvalue weighted by Crippen LogP contribution is -2.34. The third kappa shape index (κ3) is 6.70. The number of hydrogen-bond acceptors (Lipinski definition) is 6. The second-order valence-corrected chi connectivity index (χ2v) is 7.19. The van der Waals surface area contributed by atoms with Crippen molar-refractivity contribution in [2.24, 2.45) is 0 Å². The molecule has 0 bridgehead atoms. The van der Waals surface area contributed by atoms with Crippen LogP contribution in [-0.2, 0) is 11.4 Å². The first kappa shape index (κ1) is 23.6. The summed E-state index contributed by atoms with van der Waals surface area (Å²) in [5.74, 6) is 0.986. The van der Waals surface area contributed by atoms with E-state index in [9.17, 15) is 9.59 Å². The van der Waals surface area contributed by atoms with E-state index in [1.807, 2.05) is 19.1 Å². The number of anilines is 1. The molecular weight excluding hydrogens is 422 g/mol. The minimum Gasteiger partial charge on any atom is -0.497 e. The number of carbonyl (C=O) groups is 2. The topological polar surface area (TPSA) is 90.0 Å². The minimum atomic E-state index is -0.319. The lowest BCUT2D eigenvalue weighted by molar-refractivity contribution is -0.116. The van der Waals surface area contributed by atoms with Gasteiger partial charge >= 0.3 is 0 Å². The monoisotopic (exact) mass is 449 g/mol. The molecule has 33 heavy (non-hydrogen) atoms. The Bertz CT molecular complexity index is 1090. The van der Waals surface area contributed by atoms with Gasteiger partial charge in [-0.2, -0.15) is 0 Å². The normalized spacial score (nSPS) is 10.3. The van der Waals surface area contributed by atoms with E-state index in [2.05, 4.69) is 10.3 Å². The van der Waals surface area contributed by atoms with Gasteiger partial charge in [0.2, 0.25) is 5.91 Å². The fourth-order valence-corrected chi connectivity index (χ4v) is 3.08. The number of benzene rings is 2. The zero-order valence-corrected chi connectivity index (χ0v) is 18.9. The lowest BCUT2D eigenvalue weighted by atomic mass is 10.1. The molecule has 172 valence electrons. The molecule has 0 spiro atoms. The predicted molar refractivity (Wildman–Crippen MR) is 125 cm³/mol. The van der Waals surface area contributed by atoms with Crippen molar-refractivity contribution in [1.29, 1.82) is 0 Å². The Kier molecular flexibility index (Phi) is 8.24. The van der Waals surface area contributed by atoms with E-state index >= 15 is 0 Å². The number of nitrogens with one attached hydrogen (secondary N) is 1. The number of hydrogen-bond donors (Lipinski definition) is 1. The Morgan fingerprint density at radius 1 is 1.03 bits per heavy atom. The van der Waals surface area contributed by atoms with Crippen molar-refractivity contribution in [3.63, 3.8) is 0 Å². The van der Waals surface area contributed by atoms with E-state index in [0.717, 1.165) is 5.56 Å². The van der Waals surface area contributed by atoms with E-state index in [-0.39, 0.29) is 18.4 Å². The number of nitrogens with zero attached hydrogens (tertiary/aromatic N) is 2. The Morgan fingerprint density at radius 2 is 1.88 bits per heavy atom. The van der Waals surface area contributed by atoms with Crippen LogP contribution in [0, 0.1) is 0 Å². The van der Waals surface area contributed by atoms with E-state index in [1.165, 1.54) is 4.90 Å². The maximum atomic E-state index is 12.9. The van der Waals surface area contributed by atoms with Crippen LogP contribution >= 0.6 is 0 Å². The lowest BCUT2D eigenvalue weighted by Gasteiger charge is -2.18. The number of pyridine rings is 1.